The minimum Gasteiger partial charge on any atom is -0.379 e. The van der Waals surface area contributed by atoms with Crippen LogP contribution in [0.2, 0.25) is 0 Å². The maximum Gasteiger partial charge on any atom is 0.317 e. The van der Waals surface area contributed by atoms with Gasteiger partial charge >= 0.3 is 6.03 Å². The van der Waals surface area contributed by atoms with E-state index in [1.54, 1.807) is 23.1 Å². The number of hydrogen-bond acceptors (Lipinski definition) is 5. The Bertz CT molecular complexity index is 831. The van der Waals surface area contributed by atoms with Crippen LogP contribution in [0.4, 0.5) is 4.79 Å². The average molecular weight is 373 g/mol. The highest BCUT2D eigenvalue weighted by Crippen LogP contribution is 2.08. The van der Waals surface area contributed by atoms with Crippen molar-refractivity contribution in [1.82, 2.24) is 25.1 Å². The lowest BCUT2D eigenvalue weighted by Crippen LogP contribution is -2.49. The molecule has 146 valence electrons. The molecule has 2 N–H and O–H groups in total. The predicted molar refractivity (Wildman–Crippen MR) is 104 cm³/mol. The zero-order valence-corrected chi connectivity index (χ0v) is 15.9. The number of hydrogen-bond donors (Lipinski definition) is 2. The topological polar surface area (TPSA) is 90.6 Å². The van der Waals surface area contributed by atoms with Crippen molar-refractivity contribution in [3.05, 3.63) is 40.4 Å². The van der Waals surface area contributed by atoms with E-state index >= 15 is 0 Å². The molecule has 1 aliphatic rings. The van der Waals surface area contributed by atoms with Crippen LogP contribution in [-0.2, 0) is 11.3 Å². The number of aromatic nitrogens is 2. The number of rotatable bonds is 6. The van der Waals surface area contributed by atoms with Gasteiger partial charge in [-0.15, -0.1) is 0 Å². The van der Waals surface area contributed by atoms with Crippen molar-refractivity contribution in [2.75, 3.05) is 39.4 Å². The monoisotopic (exact) mass is 373 g/mol. The summed E-state index contributed by atoms with van der Waals surface area (Å²) in [6.07, 6.45) is 0. The molecule has 27 heavy (non-hydrogen) atoms. The summed E-state index contributed by atoms with van der Waals surface area (Å²) in [6, 6.07) is 7.27. The van der Waals surface area contributed by atoms with Crippen LogP contribution in [0.25, 0.3) is 10.9 Å². The highest BCUT2D eigenvalue weighted by Gasteiger charge is 2.19. The van der Waals surface area contributed by atoms with Crippen molar-refractivity contribution in [3.63, 3.8) is 0 Å². The number of para-hydroxylation sites is 1. The number of carbonyl (C=O) groups excluding carboxylic acids is 1. The van der Waals surface area contributed by atoms with Gasteiger partial charge in [0.15, 0.2) is 0 Å². The molecule has 0 spiro atoms. The normalized spacial score (nSPS) is 16.2. The second kappa shape index (κ2) is 8.96. The zero-order chi connectivity index (χ0) is 19.2. The van der Waals surface area contributed by atoms with Crippen LogP contribution >= 0.6 is 0 Å². The molecule has 2 heterocycles. The van der Waals surface area contributed by atoms with Gasteiger partial charge in [-0.05, 0) is 26.0 Å². The van der Waals surface area contributed by atoms with Gasteiger partial charge in [-0.2, -0.15) is 0 Å². The number of nitrogens with one attached hydrogen (secondary N) is 2. The van der Waals surface area contributed by atoms with Crippen molar-refractivity contribution >= 4 is 16.9 Å². The maximum absolute atomic E-state index is 12.6. The van der Waals surface area contributed by atoms with Gasteiger partial charge in [-0.3, -0.25) is 9.69 Å². The highest BCUT2D eigenvalue weighted by molar-refractivity contribution is 5.77. The predicted octanol–water partition coefficient (Wildman–Crippen LogP) is 1.18. The van der Waals surface area contributed by atoms with Crippen LogP contribution in [0.3, 0.4) is 0 Å². The molecule has 8 nitrogen and oxygen atoms in total. The van der Waals surface area contributed by atoms with Crippen LogP contribution in [0, 0.1) is 0 Å². The van der Waals surface area contributed by atoms with Gasteiger partial charge in [0.05, 0.1) is 30.7 Å². The number of amides is 2. The molecular formula is C19H27N5O3. The van der Waals surface area contributed by atoms with Crippen molar-refractivity contribution in [3.8, 4) is 0 Å². The number of ether oxygens (including phenoxy) is 1. The third-order valence-corrected chi connectivity index (χ3v) is 4.89. The van der Waals surface area contributed by atoms with Gasteiger partial charge < -0.3 is 19.9 Å². The fourth-order valence-corrected chi connectivity index (χ4v) is 3.21. The number of fused-ring (bicyclic) bond motifs is 1. The lowest BCUT2D eigenvalue weighted by molar-refractivity contribution is 0.0206. The number of benzene rings is 1. The Hall–Kier alpha value is -2.45. The molecule has 8 heteroatoms. The number of morpholine rings is 1. The number of H-pyrrole nitrogens is 1. The summed E-state index contributed by atoms with van der Waals surface area (Å²) in [5.74, 6) is 0.483. The number of aromatic amines is 1. The third-order valence-electron chi connectivity index (χ3n) is 4.89. The first-order chi connectivity index (χ1) is 13.1. The van der Waals surface area contributed by atoms with E-state index in [0.717, 1.165) is 26.3 Å². The molecule has 0 bridgehead atoms. The van der Waals surface area contributed by atoms with Crippen LogP contribution in [0.5, 0.6) is 0 Å². The molecule has 2 amide bonds. The van der Waals surface area contributed by atoms with Gasteiger partial charge in [-0.25, -0.2) is 9.78 Å². The molecule has 1 aromatic heterocycles. The Morgan fingerprint density at radius 1 is 1.37 bits per heavy atom. The summed E-state index contributed by atoms with van der Waals surface area (Å²) >= 11 is 0. The lowest BCUT2D eigenvalue weighted by Gasteiger charge is -2.32. The Morgan fingerprint density at radius 2 is 2.11 bits per heavy atom. The zero-order valence-electron chi connectivity index (χ0n) is 15.9. The van der Waals surface area contributed by atoms with E-state index in [4.69, 9.17) is 4.74 Å². The molecule has 0 aliphatic carbocycles. The van der Waals surface area contributed by atoms with Gasteiger partial charge in [0.2, 0.25) is 0 Å². The highest BCUT2D eigenvalue weighted by atomic mass is 16.5. The molecule has 1 unspecified atom stereocenters. The fourth-order valence-electron chi connectivity index (χ4n) is 3.21. The molecule has 1 saturated heterocycles. The fraction of sp³-hybridized carbons (Fsp3) is 0.526. The summed E-state index contributed by atoms with van der Waals surface area (Å²) in [4.78, 5) is 36.0. The van der Waals surface area contributed by atoms with Crippen molar-refractivity contribution in [2.24, 2.45) is 0 Å². The summed E-state index contributed by atoms with van der Waals surface area (Å²) in [5.41, 5.74) is 0.446. The number of carbonyl (C=O) groups is 1. The molecule has 1 atom stereocenters. The van der Waals surface area contributed by atoms with Gasteiger partial charge in [0.1, 0.15) is 5.82 Å². The van der Waals surface area contributed by atoms with E-state index in [2.05, 4.69) is 27.1 Å². The summed E-state index contributed by atoms with van der Waals surface area (Å²) in [7, 11) is 0. The van der Waals surface area contributed by atoms with Crippen LogP contribution in [-0.4, -0.2) is 71.2 Å². The Morgan fingerprint density at radius 3 is 2.85 bits per heavy atom. The second-order valence-corrected chi connectivity index (χ2v) is 6.73. The van der Waals surface area contributed by atoms with Gasteiger partial charge in [-0.1, -0.05) is 12.1 Å². The standard InChI is InChI=1S/C19H27N5O3/c1-3-23(19(26)20-12-14(2)24-8-10-27-11-9-24)13-17-21-16-7-5-4-6-15(16)18(25)22-17/h4-7,14H,3,8-13H2,1-2H3,(H,20,26)(H,21,22,25). The van der Waals surface area contributed by atoms with Crippen LogP contribution in [0.1, 0.15) is 19.7 Å². The minimum absolute atomic E-state index is 0.159. The summed E-state index contributed by atoms with van der Waals surface area (Å²) < 4.78 is 5.36. The van der Waals surface area contributed by atoms with E-state index in [0.29, 0.717) is 29.8 Å². The van der Waals surface area contributed by atoms with Crippen molar-refractivity contribution < 1.29 is 9.53 Å². The first-order valence-corrected chi connectivity index (χ1v) is 9.41. The number of nitrogens with zero attached hydrogens (tertiary/aromatic N) is 3. The Kier molecular flexibility index (Phi) is 6.41. The molecule has 1 aliphatic heterocycles. The van der Waals surface area contributed by atoms with Gasteiger partial charge in [0.25, 0.3) is 5.56 Å². The molecule has 3 rings (SSSR count). The third kappa shape index (κ3) is 4.84. The maximum atomic E-state index is 12.6. The van der Waals surface area contributed by atoms with Crippen molar-refractivity contribution in [1.29, 1.82) is 0 Å². The molecule has 2 aromatic rings. The average Bonchev–Trinajstić information content (AvgIpc) is 2.70. The van der Waals surface area contributed by atoms with E-state index in [1.165, 1.54) is 0 Å². The Balaban J connectivity index is 1.61. The van der Waals surface area contributed by atoms with E-state index in [9.17, 15) is 9.59 Å². The molecule has 0 radical (unpaired) electrons. The quantitative estimate of drug-likeness (QED) is 0.793. The molecule has 1 fully saturated rings. The minimum atomic E-state index is -0.187. The summed E-state index contributed by atoms with van der Waals surface area (Å²) in [5, 5.41) is 3.54. The van der Waals surface area contributed by atoms with E-state index in [-0.39, 0.29) is 24.2 Å². The first-order valence-electron chi connectivity index (χ1n) is 9.41. The largest absolute Gasteiger partial charge is 0.379 e. The van der Waals surface area contributed by atoms with E-state index in [1.807, 2.05) is 13.0 Å². The molecular weight excluding hydrogens is 346 g/mol. The van der Waals surface area contributed by atoms with Crippen LogP contribution < -0.4 is 10.9 Å². The summed E-state index contributed by atoms with van der Waals surface area (Å²) in [6.45, 7) is 8.60. The number of urea groups is 1. The van der Waals surface area contributed by atoms with E-state index < -0.39 is 0 Å². The van der Waals surface area contributed by atoms with Gasteiger partial charge in [0, 0.05) is 32.2 Å². The SMILES string of the molecule is CCN(Cc1nc2ccccc2c(=O)[nH]1)C(=O)NCC(C)N1CCOCC1. The lowest BCUT2D eigenvalue weighted by atomic mass is 10.2. The Labute approximate surface area is 158 Å². The molecule has 1 aromatic carbocycles. The van der Waals surface area contributed by atoms with Crippen molar-refractivity contribution in [2.45, 2.75) is 26.4 Å². The molecule has 0 saturated carbocycles. The second-order valence-electron chi connectivity index (χ2n) is 6.73. The van der Waals surface area contributed by atoms with Crippen LogP contribution in [0.15, 0.2) is 29.1 Å². The smallest absolute Gasteiger partial charge is 0.317 e. The first kappa shape index (κ1) is 19.3.